The van der Waals surface area contributed by atoms with Gasteiger partial charge in [0.1, 0.15) is 17.3 Å². The van der Waals surface area contributed by atoms with Gasteiger partial charge in [0.25, 0.3) is 0 Å². The molecule has 4 atom stereocenters. The molecule has 0 amide bonds. The number of methoxy groups -OCH3 is 1. The molecule has 1 aliphatic carbocycles. The molecule has 0 spiro atoms. The summed E-state index contributed by atoms with van der Waals surface area (Å²) >= 11 is 0. The van der Waals surface area contributed by atoms with E-state index >= 15 is 4.39 Å². The molecule has 1 aliphatic heterocycles. The average Bonchev–Trinajstić information content (AvgIpc) is 3.39. The number of hydrogen-bond acceptors (Lipinski definition) is 7. The molecule has 218 valence electrons. The van der Waals surface area contributed by atoms with Crippen LogP contribution in [0.5, 0.6) is 0 Å². The molecule has 5 rings (SSSR count). The van der Waals surface area contributed by atoms with Gasteiger partial charge in [-0.2, -0.15) is 0 Å². The number of rotatable bonds is 8. The fourth-order valence-electron chi connectivity index (χ4n) is 6.03. The molecule has 0 unspecified atom stereocenters. The van der Waals surface area contributed by atoms with E-state index in [-0.39, 0.29) is 55.4 Å². The molecule has 1 saturated carbocycles. The maximum Gasteiger partial charge on any atom is 0.205 e. The van der Waals surface area contributed by atoms with Gasteiger partial charge in [0, 0.05) is 45.4 Å². The summed E-state index contributed by atoms with van der Waals surface area (Å²) in [6.45, 7) is 2.52. The minimum absolute atomic E-state index is 0.0230. The number of imidazole rings is 1. The lowest BCUT2D eigenvalue weighted by Crippen LogP contribution is -2.45. The number of anilines is 2. The number of benzene rings is 1. The van der Waals surface area contributed by atoms with Crippen LogP contribution in [0.15, 0.2) is 42.9 Å². The van der Waals surface area contributed by atoms with Crippen molar-refractivity contribution in [1.82, 2.24) is 15.0 Å². The van der Waals surface area contributed by atoms with Crippen LogP contribution in [0.3, 0.4) is 0 Å². The van der Waals surface area contributed by atoms with Crippen LogP contribution in [0.25, 0.3) is 6.08 Å². The molecule has 0 radical (unpaired) electrons. The van der Waals surface area contributed by atoms with Gasteiger partial charge in [-0.3, -0.25) is 4.98 Å². The first-order chi connectivity index (χ1) is 19.7. The SMILES string of the molecule is CO[C@@H]1[C@H](N)C[C@H](c2ccncc2Nc2ncc(/C=C\C(=N)c3c(F)cc(C4(F)CCOCC4)cc3F)[nH]2)C[C@@H]1C. The number of halogens is 3. The molecule has 11 heteroatoms. The predicted molar refractivity (Wildman–Crippen MR) is 151 cm³/mol. The smallest absolute Gasteiger partial charge is 0.205 e. The minimum atomic E-state index is -1.85. The van der Waals surface area contributed by atoms with Crippen LogP contribution in [0.2, 0.25) is 0 Å². The summed E-state index contributed by atoms with van der Waals surface area (Å²) in [4.78, 5) is 11.7. The summed E-state index contributed by atoms with van der Waals surface area (Å²) in [6.07, 6.45) is 9.58. The van der Waals surface area contributed by atoms with Crippen molar-refractivity contribution in [3.63, 3.8) is 0 Å². The summed E-state index contributed by atoms with van der Waals surface area (Å²) in [7, 11) is 1.70. The van der Waals surface area contributed by atoms with Gasteiger partial charge in [0.05, 0.1) is 41.2 Å². The Bertz CT molecular complexity index is 1390. The van der Waals surface area contributed by atoms with E-state index in [1.165, 1.54) is 18.3 Å². The van der Waals surface area contributed by atoms with Gasteiger partial charge < -0.3 is 30.9 Å². The van der Waals surface area contributed by atoms with Crippen molar-refractivity contribution in [3.8, 4) is 0 Å². The zero-order valence-electron chi connectivity index (χ0n) is 23.1. The van der Waals surface area contributed by atoms with Gasteiger partial charge in [-0.25, -0.2) is 18.2 Å². The monoisotopic (exact) mass is 568 g/mol. The van der Waals surface area contributed by atoms with Crippen LogP contribution in [0.4, 0.5) is 24.8 Å². The van der Waals surface area contributed by atoms with E-state index in [1.54, 1.807) is 19.5 Å². The number of hydrogen-bond donors (Lipinski definition) is 4. The second-order valence-corrected chi connectivity index (χ2v) is 10.9. The largest absolute Gasteiger partial charge is 0.381 e. The van der Waals surface area contributed by atoms with E-state index in [4.69, 9.17) is 20.6 Å². The maximum atomic E-state index is 15.2. The normalized spacial score (nSPS) is 24.4. The Kier molecular flexibility index (Phi) is 8.58. The van der Waals surface area contributed by atoms with Crippen molar-refractivity contribution in [3.05, 3.63) is 76.9 Å². The summed E-state index contributed by atoms with van der Waals surface area (Å²) in [5, 5.41) is 11.5. The lowest BCUT2D eigenvalue weighted by molar-refractivity contribution is -0.0118. The number of pyridine rings is 1. The fraction of sp³-hybridized carbons (Fsp3) is 0.433. The molecular formula is C30H35F3N6O2. The first kappa shape index (κ1) is 29.0. The second kappa shape index (κ2) is 12.1. The van der Waals surface area contributed by atoms with Crippen LogP contribution in [-0.4, -0.2) is 53.1 Å². The Morgan fingerprint density at radius 1 is 1.22 bits per heavy atom. The van der Waals surface area contributed by atoms with Crippen LogP contribution in [0, 0.1) is 23.0 Å². The summed E-state index contributed by atoms with van der Waals surface area (Å²) < 4.78 is 55.7. The first-order valence-corrected chi connectivity index (χ1v) is 13.8. The van der Waals surface area contributed by atoms with Gasteiger partial charge >= 0.3 is 0 Å². The van der Waals surface area contributed by atoms with Crippen molar-refractivity contribution < 1.29 is 22.6 Å². The highest BCUT2D eigenvalue weighted by Gasteiger charge is 2.36. The zero-order valence-corrected chi connectivity index (χ0v) is 23.1. The zero-order chi connectivity index (χ0) is 29.1. The first-order valence-electron chi connectivity index (χ1n) is 13.8. The third-order valence-electron chi connectivity index (χ3n) is 8.15. The molecule has 41 heavy (non-hydrogen) atoms. The number of aromatic nitrogens is 3. The standard InChI is InChI=1S/C30H35F3N6O2/c1-17-11-18(12-25(35)28(17)40-2)21-5-8-36-16-26(21)39-29-37-15-20(38-29)3-4-24(34)27-22(31)13-19(14-23(27)32)30(33)6-9-41-10-7-30/h3-5,8,13-18,25,28,34H,6-7,9-12,35H2,1-2H3,(H2,37,38,39)/b4-3-,34-24?/t17-,18+,25+,28-/m0/s1. The molecule has 3 aromatic rings. The molecule has 2 aliphatic rings. The van der Waals surface area contributed by atoms with Gasteiger partial charge in [0.15, 0.2) is 0 Å². The number of nitrogens with one attached hydrogen (secondary N) is 3. The Morgan fingerprint density at radius 3 is 2.63 bits per heavy atom. The van der Waals surface area contributed by atoms with Crippen molar-refractivity contribution in [2.45, 2.75) is 56.3 Å². The topological polar surface area (TPSA) is 122 Å². The van der Waals surface area contributed by atoms with Gasteiger partial charge in [-0.05, 0) is 66.2 Å². The van der Waals surface area contributed by atoms with Crippen molar-refractivity contribution in [2.24, 2.45) is 11.7 Å². The number of aromatic amines is 1. The van der Waals surface area contributed by atoms with Crippen molar-refractivity contribution >= 4 is 23.4 Å². The van der Waals surface area contributed by atoms with Crippen LogP contribution >= 0.6 is 0 Å². The quantitative estimate of drug-likeness (QED) is 0.257. The van der Waals surface area contributed by atoms with E-state index < -0.39 is 22.9 Å². The van der Waals surface area contributed by atoms with Crippen LogP contribution in [-0.2, 0) is 15.1 Å². The number of H-pyrrole nitrogens is 1. The predicted octanol–water partition coefficient (Wildman–Crippen LogP) is 5.74. The second-order valence-electron chi connectivity index (χ2n) is 10.9. The number of nitrogens with zero attached hydrogens (tertiary/aromatic N) is 2. The van der Waals surface area contributed by atoms with E-state index in [9.17, 15) is 8.78 Å². The maximum absolute atomic E-state index is 15.2. The van der Waals surface area contributed by atoms with Crippen molar-refractivity contribution in [2.75, 3.05) is 25.6 Å². The Morgan fingerprint density at radius 2 is 1.95 bits per heavy atom. The highest BCUT2D eigenvalue weighted by atomic mass is 19.1. The summed E-state index contributed by atoms with van der Waals surface area (Å²) in [5.74, 6) is -0.997. The van der Waals surface area contributed by atoms with Crippen LogP contribution < -0.4 is 11.1 Å². The molecule has 1 aromatic carbocycles. The highest BCUT2D eigenvalue weighted by molar-refractivity contribution is 6.09. The number of ether oxygens (including phenoxy) is 2. The van der Waals surface area contributed by atoms with Gasteiger partial charge in [0.2, 0.25) is 5.95 Å². The molecular weight excluding hydrogens is 533 g/mol. The van der Waals surface area contributed by atoms with E-state index in [2.05, 4.69) is 27.2 Å². The van der Waals surface area contributed by atoms with E-state index in [0.29, 0.717) is 17.6 Å². The average molecular weight is 569 g/mol. The molecule has 3 heterocycles. The number of allylic oxidation sites excluding steroid dienone is 1. The molecule has 2 fully saturated rings. The van der Waals surface area contributed by atoms with E-state index in [1.807, 2.05) is 6.07 Å². The Balaban J connectivity index is 1.28. The lowest BCUT2D eigenvalue weighted by atomic mass is 9.74. The molecule has 8 nitrogen and oxygen atoms in total. The van der Waals surface area contributed by atoms with Crippen LogP contribution in [0.1, 0.15) is 60.9 Å². The highest BCUT2D eigenvalue weighted by Crippen LogP contribution is 2.40. The minimum Gasteiger partial charge on any atom is -0.381 e. The summed E-state index contributed by atoms with van der Waals surface area (Å²) in [5.41, 5.74) is 5.97. The number of alkyl halides is 1. The lowest BCUT2D eigenvalue weighted by Gasteiger charge is -2.38. The summed E-state index contributed by atoms with van der Waals surface area (Å²) in [6, 6.07) is 3.86. The van der Waals surface area contributed by atoms with Gasteiger partial charge in [-0.1, -0.05) is 6.92 Å². The molecule has 0 bridgehead atoms. The number of nitrogens with two attached hydrogens (primary N) is 1. The molecule has 2 aromatic heterocycles. The Hall–Kier alpha value is -3.54. The van der Waals surface area contributed by atoms with Gasteiger partial charge in [-0.15, -0.1) is 0 Å². The Labute approximate surface area is 237 Å². The van der Waals surface area contributed by atoms with Crippen molar-refractivity contribution in [1.29, 1.82) is 5.41 Å². The fourth-order valence-corrected chi connectivity index (χ4v) is 6.03. The third kappa shape index (κ3) is 6.22. The molecule has 5 N–H and O–H groups in total. The van der Waals surface area contributed by atoms with E-state index in [0.717, 1.165) is 36.2 Å². The molecule has 1 saturated heterocycles. The third-order valence-corrected chi connectivity index (χ3v) is 8.15.